The lowest BCUT2D eigenvalue weighted by atomic mass is 10.1. The SMILES string of the molecule is O=C1c2ccc([N+](=O)[O-])cc2C(=O)N1CNc1cccc(F)c1. The molecule has 3 rings (SSSR count). The van der Waals surface area contributed by atoms with E-state index in [1.54, 1.807) is 6.07 Å². The van der Waals surface area contributed by atoms with Crippen LogP contribution >= 0.6 is 0 Å². The second-order valence-corrected chi connectivity index (χ2v) is 4.87. The summed E-state index contributed by atoms with van der Waals surface area (Å²) in [5.41, 5.74) is 0.254. The third kappa shape index (κ3) is 2.61. The summed E-state index contributed by atoms with van der Waals surface area (Å²) in [5, 5.41) is 13.5. The van der Waals surface area contributed by atoms with Gasteiger partial charge in [0.1, 0.15) is 5.82 Å². The minimum absolute atomic E-state index is 0.00903. The highest BCUT2D eigenvalue weighted by atomic mass is 19.1. The summed E-state index contributed by atoms with van der Waals surface area (Å²) in [6.07, 6.45) is 0. The first-order valence-electron chi connectivity index (χ1n) is 6.61. The molecule has 0 saturated heterocycles. The number of nitro benzene ring substituents is 1. The third-order valence-corrected chi connectivity index (χ3v) is 3.43. The van der Waals surface area contributed by atoms with Crippen molar-refractivity contribution in [3.05, 3.63) is 69.5 Å². The van der Waals surface area contributed by atoms with Crippen molar-refractivity contribution >= 4 is 23.2 Å². The fourth-order valence-corrected chi connectivity index (χ4v) is 2.30. The number of nitro groups is 1. The number of amides is 2. The van der Waals surface area contributed by atoms with Crippen LogP contribution in [0.2, 0.25) is 0 Å². The molecule has 1 aliphatic rings. The van der Waals surface area contributed by atoms with Crippen LogP contribution in [0.15, 0.2) is 42.5 Å². The Bertz CT molecular complexity index is 837. The van der Waals surface area contributed by atoms with E-state index in [0.717, 1.165) is 11.0 Å². The first-order valence-corrected chi connectivity index (χ1v) is 6.61. The molecule has 116 valence electrons. The van der Waals surface area contributed by atoms with E-state index in [-0.39, 0.29) is 23.5 Å². The highest BCUT2D eigenvalue weighted by Gasteiger charge is 2.36. The molecule has 0 bridgehead atoms. The summed E-state index contributed by atoms with van der Waals surface area (Å²) >= 11 is 0. The van der Waals surface area contributed by atoms with Gasteiger partial charge in [0.25, 0.3) is 17.5 Å². The Morgan fingerprint density at radius 3 is 2.52 bits per heavy atom. The molecular formula is C15H10FN3O4. The predicted molar refractivity (Wildman–Crippen MR) is 78.5 cm³/mol. The number of rotatable bonds is 4. The van der Waals surface area contributed by atoms with E-state index < -0.39 is 22.6 Å². The Kier molecular flexibility index (Phi) is 3.49. The van der Waals surface area contributed by atoms with Gasteiger partial charge in [-0.1, -0.05) is 6.07 Å². The van der Waals surface area contributed by atoms with Crippen LogP contribution in [-0.4, -0.2) is 28.3 Å². The summed E-state index contributed by atoms with van der Waals surface area (Å²) in [5.74, 6) is -1.63. The average molecular weight is 315 g/mol. The number of nitrogens with zero attached hydrogens (tertiary/aromatic N) is 2. The van der Waals surface area contributed by atoms with Gasteiger partial charge < -0.3 is 5.32 Å². The molecule has 2 aromatic carbocycles. The van der Waals surface area contributed by atoms with Gasteiger partial charge in [-0.05, 0) is 24.3 Å². The normalized spacial score (nSPS) is 13.2. The Labute approximate surface area is 129 Å². The van der Waals surface area contributed by atoms with Gasteiger partial charge in [0, 0.05) is 17.8 Å². The second kappa shape index (κ2) is 5.48. The van der Waals surface area contributed by atoms with Crippen LogP contribution in [0.1, 0.15) is 20.7 Å². The van der Waals surface area contributed by atoms with Gasteiger partial charge in [-0.25, -0.2) is 4.39 Å². The van der Waals surface area contributed by atoms with E-state index in [0.29, 0.717) is 5.69 Å². The first kappa shape index (κ1) is 14.6. The zero-order valence-electron chi connectivity index (χ0n) is 11.7. The van der Waals surface area contributed by atoms with Crippen LogP contribution in [-0.2, 0) is 0 Å². The topological polar surface area (TPSA) is 92.5 Å². The summed E-state index contributed by atoms with van der Waals surface area (Å²) in [6, 6.07) is 9.09. The molecule has 2 aromatic rings. The molecule has 0 saturated carbocycles. The first-order chi connectivity index (χ1) is 11.0. The van der Waals surface area contributed by atoms with Gasteiger partial charge in [0.15, 0.2) is 0 Å². The van der Waals surface area contributed by atoms with E-state index in [4.69, 9.17) is 0 Å². The van der Waals surface area contributed by atoms with Crippen LogP contribution in [0, 0.1) is 15.9 Å². The van der Waals surface area contributed by atoms with E-state index in [1.165, 1.54) is 30.3 Å². The molecule has 1 N–H and O–H groups in total. The Balaban J connectivity index is 1.81. The molecular weight excluding hydrogens is 305 g/mol. The molecule has 2 amide bonds. The number of hydrogen-bond acceptors (Lipinski definition) is 5. The van der Waals surface area contributed by atoms with E-state index in [9.17, 15) is 24.1 Å². The zero-order valence-corrected chi connectivity index (χ0v) is 11.7. The van der Waals surface area contributed by atoms with Crippen molar-refractivity contribution < 1.29 is 18.9 Å². The molecule has 8 heteroatoms. The second-order valence-electron chi connectivity index (χ2n) is 4.87. The molecule has 0 fully saturated rings. The lowest BCUT2D eigenvalue weighted by Crippen LogP contribution is -2.34. The van der Waals surface area contributed by atoms with Gasteiger partial charge >= 0.3 is 0 Å². The molecule has 23 heavy (non-hydrogen) atoms. The maximum Gasteiger partial charge on any atom is 0.270 e. The zero-order chi connectivity index (χ0) is 16.6. The van der Waals surface area contributed by atoms with Crippen molar-refractivity contribution in [1.29, 1.82) is 0 Å². The van der Waals surface area contributed by atoms with Crippen LogP contribution in [0.5, 0.6) is 0 Å². The van der Waals surface area contributed by atoms with Crippen LogP contribution in [0.4, 0.5) is 15.8 Å². The quantitative estimate of drug-likeness (QED) is 0.531. The molecule has 0 aromatic heterocycles. The standard InChI is InChI=1S/C15H10FN3O4/c16-9-2-1-3-10(6-9)17-8-18-14(20)12-5-4-11(19(22)23)7-13(12)15(18)21/h1-7,17H,8H2. The molecule has 1 heterocycles. The van der Waals surface area contributed by atoms with Crippen molar-refractivity contribution in [1.82, 2.24) is 4.90 Å². The smallest absolute Gasteiger partial charge is 0.270 e. The third-order valence-electron chi connectivity index (χ3n) is 3.43. The number of nitrogens with one attached hydrogen (secondary N) is 1. The number of imide groups is 1. The number of carbonyl (C=O) groups excluding carboxylic acids is 2. The van der Waals surface area contributed by atoms with Crippen molar-refractivity contribution in [2.45, 2.75) is 0 Å². The monoisotopic (exact) mass is 315 g/mol. The van der Waals surface area contributed by atoms with Crippen molar-refractivity contribution in [3.8, 4) is 0 Å². The number of anilines is 1. The molecule has 0 spiro atoms. The molecule has 7 nitrogen and oxygen atoms in total. The van der Waals surface area contributed by atoms with Crippen LogP contribution in [0.3, 0.4) is 0 Å². The van der Waals surface area contributed by atoms with Crippen molar-refractivity contribution in [2.24, 2.45) is 0 Å². The minimum Gasteiger partial charge on any atom is -0.367 e. The molecule has 0 unspecified atom stereocenters. The number of carbonyl (C=O) groups is 2. The number of fused-ring (bicyclic) bond motifs is 1. The Morgan fingerprint density at radius 1 is 1.09 bits per heavy atom. The lowest BCUT2D eigenvalue weighted by Gasteiger charge is -2.15. The van der Waals surface area contributed by atoms with Crippen molar-refractivity contribution in [2.75, 3.05) is 12.0 Å². The highest BCUT2D eigenvalue weighted by molar-refractivity contribution is 6.21. The van der Waals surface area contributed by atoms with Crippen LogP contribution in [0.25, 0.3) is 0 Å². The fraction of sp³-hybridized carbons (Fsp3) is 0.0667. The summed E-state index contributed by atoms with van der Waals surface area (Å²) in [6.45, 7) is -0.163. The Hall–Kier alpha value is -3.29. The number of benzene rings is 2. The predicted octanol–water partition coefficient (Wildman–Crippen LogP) is 2.40. The van der Waals surface area contributed by atoms with E-state index in [1.807, 2.05) is 0 Å². The van der Waals surface area contributed by atoms with E-state index >= 15 is 0 Å². The maximum atomic E-state index is 13.1. The van der Waals surface area contributed by atoms with Gasteiger partial charge in [0.2, 0.25) is 0 Å². The van der Waals surface area contributed by atoms with Gasteiger partial charge in [0.05, 0.1) is 22.7 Å². The summed E-state index contributed by atoms with van der Waals surface area (Å²) in [4.78, 5) is 35.5. The summed E-state index contributed by atoms with van der Waals surface area (Å²) in [7, 11) is 0. The highest BCUT2D eigenvalue weighted by Crippen LogP contribution is 2.26. The minimum atomic E-state index is -0.633. The largest absolute Gasteiger partial charge is 0.367 e. The number of hydrogen-bond donors (Lipinski definition) is 1. The Morgan fingerprint density at radius 2 is 1.83 bits per heavy atom. The average Bonchev–Trinajstić information content (AvgIpc) is 2.76. The summed E-state index contributed by atoms with van der Waals surface area (Å²) < 4.78 is 13.1. The molecule has 0 atom stereocenters. The molecule has 1 aliphatic heterocycles. The van der Waals surface area contributed by atoms with Crippen molar-refractivity contribution in [3.63, 3.8) is 0 Å². The van der Waals surface area contributed by atoms with Gasteiger partial charge in [-0.2, -0.15) is 0 Å². The molecule has 0 aliphatic carbocycles. The van der Waals surface area contributed by atoms with Gasteiger partial charge in [-0.3, -0.25) is 24.6 Å². The molecule has 0 radical (unpaired) electrons. The maximum absolute atomic E-state index is 13.1. The number of non-ortho nitro benzene ring substituents is 1. The fourth-order valence-electron chi connectivity index (χ4n) is 2.30. The lowest BCUT2D eigenvalue weighted by molar-refractivity contribution is -0.384. The van der Waals surface area contributed by atoms with Crippen LogP contribution < -0.4 is 5.32 Å². The van der Waals surface area contributed by atoms with Gasteiger partial charge in [-0.15, -0.1) is 0 Å². The van der Waals surface area contributed by atoms with E-state index in [2.05, 4.69) is 5.32 Å². The number of halogens is 1.